The van der Waals surface area contributed by atoms with E-state index in [9.17, 15) is 0 Å². The van der Waals surface area contributed by atoms with Crippen molar-refractivity contribution in [3.63, 3.8) is 0 Å². The minimum atomic E-state index is 0.255. The van der Waals surface area contributed by atoms with Crippen LogP contribution in [0, 0.1) is 0 Å². The predicted molar refractivity (Wildman–Crippen MR) is 66.0 cm³/mol. The summed E-state index contributed by atoms with van der Waals surface area (Å²) in [5.74, 6) is 1.12. The van der Waals surface area contributed by atoms with Gasteiger partial charge in [0.1, 0.15) is 0 Å². The molecule has 0 saturated heterocycles. The quantitative estimate of drug-likeness (QED) is 0.689. The second kappa shape index (κ2) is 7.55. The van der Waals surface area contributed by atoms with Crippen LogP contribution in [0.4, 0.5) is 0 Å². The van der Waals surface area contributed by atoms with E-state index in [1.807, 2.05) is 11.8 Å². The highest BCUT2D eigenvalue weighted by molar-refractivity contribution is 8.00. The summed E-state index contributed by atoms with van der Waals surface area (Å²) < 4.78 is 0.338. The highest BCUT2D eigenvalue weighted by Gasteiger charge is 2.12. The van der Waals surface area contributed by atoms with Gasteiger partial charge in [0.15, 0.2) is 0 Å². The molecule has 0 aromatic heterocycles. The molecule has 0 rings (SSSR count). The van der Waals surface area contributed by atoms with Crippen LogP contribution in [-0.4, -0.2) is 34.8 Å². The van der Waals surface area contributed by atoms with Crippen molar-refractivity contribution in [2.45, 2.75) is 51.3 Å². The molecule has 0 aliphatic carbocycles. The van der Waals surface area contributed by atoms with Gasteiger partial charge in [-0.05, 0) is 25.1 Å². The average molecular weight is 219 g/mol. The lowest BCUT2D eigenvalue weighted by Gasteiger charge is -2.20. The van der Waals surface area contributed by atoms with Crippen LogP contribution < -0.4 is 5.32 Å². The van der Waals surface area contributed by atoms with Gasteiger partial charge in [0, 0.05) is 10.8 Å². The third-order valence-corrected chi connectivity index (χ3v) is 3.21. The molecule has 0 spiro atoms. The smallest absolute Gasteiger partial charge is 0.0584 e. The number of thioether (sulfide) groups is 1. The first-order valence-corrected chi connectivity index (χ1v) is 6.46. The van der Waals surface area contributed by atoms with E-state index in [4.69, 9.17) is 5.11 Å². The van der Waals surface area contributed by atoms with Crippen LogP contribution in [0.5, 0.6) is 0 Å². The van der Waals surface area contributed by atoms with Gasteiger partial charge in [-0.25, -0.2) is 0 Å². The van der Waals surface area contributed by atoms with Gasteiger partial charge in [-0.1, -0.05) is 27.7 Å². The van der Waals surface area contributed by atoms with Gasteiger partial charge in [-0.3, -0.25) is 0 Å². The Morgan fingerprint density at radius 2 is 2.00 bits per heavy atom. The van der Waals surface area contributed by atoms with E-state index < -0.39 is 0 Å². The summed E-state index contributed by atoms with van der Waals surface area (Å²) in [5.41, 5.74) is 0. The number of hydrogen-bond acceptors (Lipinski definition) is 3. The summed E-state index contributed by atoms with van der Waals surface area (Å²) in [7, 11) is 0. The molecule has 0 aromatic rings. The molecule has 14 heavy (non-hydrogen) atoms. The first kappa shape index (κ1) is 14.3. The van der Waals surface area contributed by atoms with Crippen LogP contribution in [0.2, 0.25) is 0 Å². The van der Waals surface area contributed by atoms with Crippen molar-refractivity contribution in [3.05, 3.63) is 0 Å². The van der Waals surface area contributed by atoms with Crippen LogP contribution in [0.25, 0.3) is 0 Å². The Labute approximate surface area is 92.9 Å². The van der Waals surface area contributed by atoms with Crippen molar-refractivity contribution in [1.29, 1.82) is 0 Å². The van der Waals surface area contributed by atoms with Gasteiger partial charge in [0.2, 0.25) is 0 Å². The number of aliphatic hydroxyl groups is 1. The summed E-state index contributed by atoms with van der Waals surface area (Å²) in [6.07, 6.45) is 2.18. The Morgan fingerprint density at radius 3 is 2.43 bits per heavy atom. The Bertz CT molecular complexity index is 134. The van der Waals surface area contributed by atoms with Crippen molar-refractivity contribution in [2.24, 2.45) is 0 Å². The van der Waals surface area contributed by atoms with Crippen LogP contribution >= 0.6 is 11.8 Å². The summed E-state index contributed by atoms with van der Waals surface area (Å²) in [4.78, 5) is 0. The molecular formula is C11H25NOS. The molecule has 1 atom stereocenters. The molecular weight excluding hydrogens is 194 g/mol. The van der Waals surface area contributed by atoms with Gasteiger partial charge in [0.05, 0.1) is 6.61 Å². The average Bonchev–Trinajstić information content (AvgIpc) is 2.09. The molecule has 3 heteroatoms. The van der Waals surface area contributed by atoms with E-state index in [0.717, 1.165) is 25.1 Å². The van der Waals surface area contributed by atoms with Crippen molar-refractivity contribution < 1.29 is 5.11 Å². The maximum Gasteiger partial charge on any atom is 0.0584 e. The zero-order chi connectivity index (χ0) is 11.0. The fourth-order valence-corrected chi connectivity index (χ4v) is 2.13. The molecule has 0 amide bonds. The molecule has 0 saturated carbocycles. The lowest BCUT2D eigenvalue weighted by Crippen LogP contribution is -2.33. The lowest BCUT2D eigenvalue weighted by atomic mass is 10.2. The molecule has 0 radical (unpaired) electrons. The van der Waals surface area contributed by atoms with Crippen LogP contribution in [0.15, 0.2) is 0 Å². The molecule has 86 valence electrons. The van der Waals surface area contributed by atoms with Crippen molar-refractivity contribution in [3.8, 4) is 0 Å². The van der Waals surface area contributed by atoms with E-state index in [2.05, 4.69) is 33.0 Å². The molecule has 0 bridgehead atoms. The third kappa shape index (κ3) is 8.85. The molecule has 2 nitrogen and oxygen atoms in total. The summed E-state index contributed by atoms with van der Waals surface area (Å²) in [6.45, 7) is 10.1. The topological polar surface area (TPSA) is 32.3 Å². The summed E-state index contributed by atoms with van der Waals surface area (Å²) >= 11 is 1.96. The number of hydrogen-bond donors (Lipinski definition) is 2. The van der Waals surface area contributed by atoms with E-state index in [-0.39, 0.29) is 12.6 Å². The molecule has 0 heterocycles. The molecule has 0 aromatic carbocycles. The fourth-order valence-electron chi connectivity index (χ4n) is 1.11. The van der Waals surface area contributed by atoms with Gasteiger partial charge in [-0.15, -0.1) is 0 Å². The highest BCUT2D eigenvalue weighted by Crippen LogP contribution is 2.23. The Balaban J connectivity index is 3.52. The molecule has 2 N–H and O–H groups in total. The van der Waals surface area contributed by atoms with E-state index in [0.29, 0.717) is 4.75 Å². The standard InChI is InChI=1S/C11H25NOS/c1-5-7-12-10(9-13)6-8-14-11(2,3)4/h10,12-13H,5-9H2,1-4H3. The Morgan fingerprint density at radius 1 is 1.36 bits per heavy atom. The van der Waals surface area contributed by atoms with Crippen LogP contribution in [0.1, 0.15) is 40.5 Å². The zero-order valence-electron chi connectivity index (χ0n) is 9.97. The molecule has 0 aliphatic rings. The van der Waals surface area contributed by atoms with Gasteiger partial charge < -0.3 is 10.4 Å². The summed E-state index contributed by atoms with van der Waals surface area (Å²) in [5, 5.41) is 12.5. The first-order chi connectivity index (χ1) is 6.49. The monoisotopic (exact) mass is 219 g/mol. The van der Waals surface area contributed by atoms with E-state index in [1.54, 1.807) is 0 Å². The third-order valence-electron chi connectivity index (χ3n) is 1.90. The molecule has 1 unspecified atom stereocenters. The van der Waals surface area contributed by atoms with E-state index in [1.165, 1.54) is 0 Å². The lowest BCUT2D eigenvalue weighted by molar-refractivity contribution is 0.240. The Kier molecular flexibility index (Phi) is 7.69. The summed E-state index contributed by atoms with van der Waals surface area (Å²) in [6, 6.07) is 0.282. The van der Waals surface area contributed by atoms with Crippen LogP contribution in [-0.2, 0) is 0 Å². The predicted octanol–water partition coefficient (Wildman–Crippen LogP) is 2.27. The van der Waals surface area contributed by atoms with E-state index >= 15 is 0 Å². The normalized spacial score (nSPS) is 14.4. The number of rotatable bonds is 7. The maximum atomic E-state index is 9.11. The van der Waals surface area contributed by atoms with Crippen molar-refractivity contribution >= 4 is 11.8 Å². The Hall–Kier alpha value is 0.270. The number of nitrogens with one attached hydrogen (secondary N) is 1. The second-order valence-corrected chi connectivity index (χ2v) is 6.50. The molecule has 0 aliphatic heterocycles. The maximum absolute atomic E-state index is 9.11. The van der Waals surface area contributed by atoms with Crippen molar-refractivity contribution in [2.75, 3.05) is 18.9 Å². The largest absolute Gasteiger partial charge is 0.395 e. The number of aliphatic hydroxyl groups excluding tert-OH is 1. The van der Waals surface area contributed by atoms with Gasteiger partial charge >= 0.3 is 0 Å². The SMILES string of the molecule is CCCNC(CO)CCSC(C)(C)C. The minimum absolute atomic E-state index is 0.255. The van der Waals surface area contributed by atoms with Crippen molar-refractivity contribution in [1.82, 2.24) is 5.32 Å². The van der Waals surface area contributed by atoms with Gasteiger partial charge in [0.25, 0.3) is 0 Å². The zero-order valence-corrected chi connectivity index (χ0v) is 10.8. The fraction of sp³-hybridized carbons (Fsp3) is 1.00. The first-order valence-electron chi connectivity index (χ1n) is 5.47. The highest BCUT2D eigenvalue weighted by atomic mass is 32.2. The minimum Gasteiger partial charge on any atom is -0.395 e. The molecule has 0 fully saturated rings. The second-order valence-electron chi connectivity index (χ2n) is 4.58. The van der Waals surface area contributed by atoms with Crippen LogP contribution in [0.3, 0.4) is 0 Å². The van der Waals surface area contributed by atoms with Gasteiger partial charge in [-0.2, -0.15) is 11.8 Å².